The lowest BCUT2D eigenvalue weighted by Gasteiger charge is -2.16. The van der Waals surface area contributed by atoms with E-state index in [0.29, 0.717) is 0 Å². The van der Waals surface area contributed by atoms with Crippen molar-refractivity contribution in [1.29, 1.82) is 0 Å². The summed E-state index contributed by atoms with van der Waals surface area (Å²) in [5.41, 5.74) is 2.49. The van der Waals surface area contributed by atoms with E-state index in [-0.39, 0.29) is 0 Å². The molecule has 0 N–H and O–H groups in total. The third kappa shape index (κ3) is 3.46. The molecule has 0 amide bonds. The zero-order chi connectivity index (χ0) is 10.4. The Bertz CT molecular complexity index is 271. The summed E-state index contributed by atoms with van der Waals surface area (Å²) in [7, 11) is 2.16. The smallest absolute Gasteiger partial charge is 0.0572 e. The Hall–Kier alpha value is -0.890. The Kier molecular flexibility index (Phi) is 4.60. The molecule has 1 rings (SSSR count). The third-order valence-electron chi connectivity index (χ3n) is 2.43. The van der Waals surface area contributed by atoms with Crippen LogP contribution in [0.4, 0.5) is 0 Å². The number of aryl methyl sites for hydroxylation is 1. The highest BCUT2D eigenvalue weighted by Crippen LogP contribution is 2.06. The summed E-state index contributed by atoms with van der Waals surface area (Å²) in [6, 6.07) is 4.11. The maximum atomic E-state index is 4.38. The summed E-state index contributed by atoms with van der Waals surface area (Å²) in [5.74, 6) is 0. The molecule has 0 aliphatic rings. The van der Waals surface area contributed by atoms with Gasteiger partial charge < -0.3 is 4.90 Å². The van der Waals surface area contributed by atoms with Gasteiger partial charge in [0.05, 0.1) is 5.69 Å². The lowest BCUT2D eigenvalue weighted by molar-refractivity contribution is 0.316. The van der Waals surface area contributed by atoms with E-state index in [1.165, 1.54) is 24.1 Å². The zero-order valence-electron chi connectivity index (χ0n) is 9.45. The fraction of sp³-hybridized carbons (Fsp3) is 0.583. The zero-order valence-corrected chi connectivity index (χ0v) is 9.45. The molecule has 0 bridgehead atoms. The molecule has 0 fully saturated rings. The summed E-state index contributed by atoms with van der Waals surface area (Å²) in [4.78, 5) is 6.72. The molecular weight excluding hydrogens is 172 g/mol. The predicted molar refractivity (Wildman–Crippen MR) is 60.2 cm³/mol. The molecule has 0 aliphatic carbocycles. The molecule has 0 spiro atoms. The largest absolute Gasteiger partial charge is 0.301 e. The number of unbranched alkanes of at least 4 members (excludes halogenated alkanes) is 1. The molecule has 14 heavy (non-hydrogen) atoms. The first kappa shape index (κ1) is 11.2. The normalized spacial score (nSPS) is 10.9. The van der Waals surface area contributed by atoms with Gasteiger partial charge in [-0.1, -0.05) is 19.4 Å². The molecule has 0 atom stereocenters. The predicted octanol–water partition coefficient (Wildman–Crippen LogP) is 2.62. The second-order valence-electron chi connectivity index (χ2n) is 3.86. The lowest BCUT2D eigenvalue weighted by atomic mass is 10.2. The molecule has 2 nitrogen and oxygen atoms in total. The van der Waals surface area contributed by atoms with Crippen molar-refractivity contribution >= 4 is 0 Å². The van der Waals surface area contributed by atoms with Gasteiger partial charge in [0.2, 0.25) is 0 Å². The van der Waals surface area contributed by atoms with Crippen LogP contribution in [0.3, 0.4) is 0 Å². The van der Waals surface area contributed by atoms with Gasteiger partial charge >= 0.3 is 0 Å². The maximum absolute atomic E-state index is 4.38. The summed E-state index contributed by atoms with van der Waals surface area (Å²) in [5, 5.41) is 0. The second-order valence-corrected chi connectivity index (χ2v) is 3.86. The maximum Gasteiger partial charge on any atom is 0.0572 e. The molecule has 1 aromatic rings. The second kappa shape index (κ2) is 5.76. The van der Waals surface area contributed by atoms with Crippen LogP contribution in [-0.4, -0.2) is 23.5 Å². The quantitative estimate of drug-likeness (QED) is 0.713. The standard InChI is InChI=1S/C12H20N2/c1-4-5-9-14(3)10-12-11(2)7-6-8-13-12/h6-8H,4-5,9-10H2,1-3H3. The van der Waals surface area contributed by atoms with Crippen molar-refractivity contribution in [3.05, 3.63) is 29.6 Å². The van der Waals surface area contributed by atoms with E-state index >= 15 is 0 Å². The number of hydrogen-bond donors (Lipinski definition) is 0. The van der Waals surface area contributed by atoms with Crippen molar-refractivity contribution < 1.29 is 0 Å². The monoisotopic (exact) mass is 192 g/mol. The van der Waals surface area contributed by atoms with E-state index in [1.807, 2.05) is 12.3 Å². The Morgan fingerprint density at radius 3 is 2.86 bits per heavy atom. The van der Waals surface area contributed by atoms with E-state index in [9.17, 15) is 0 Å². The molecule has 0 radical (unpaired) electrons. The Morgan fingerprint density at radius 2 is 2.21 bits per heavy atom. The number of nitrogens with zero attached hydrogens (tertiary/aromatic N) is 2. The molecule has 0 saturated carbocycles. The first-order valence-corrected chi connectivity index (χ1v) is 5.33. The number of rotatable bonds is 5. The Morgan fingerprint density at radius 1 is 1.43 bits per heavy atom. The van der Waals surface area contributed by atoms with Crippen LogP contribution in [0, 0.1) is 6.92 Å². The van der Waals surface area contributed by atoms with Gasteiger partial charge in [0.15, 0.2) is 0 Å². The summed E-state index contributed by atoms with van der Waals surface area (Å²) in [6.45, 7) is 6.47. The summed E-state index contributed by atoms with van der Waals surface area (Å²) < 4.78 is 0. The molecule has 0 aromatic carbocycles. The van der Waals surface area contributed by atoms with E-state index in [1.54, 1.807) is 0 Å². The number of hydrogen-bond acceptors (Lipinski definition) is 2. The Balaban J connectivity index is 2.47. The topological polar surface area (TPSA) is 16.1 Å². The van der Waals surface area contributed by atoms with Gasteiger partial charge in [-0.05, 0) is 38.6 Å². The van der Waals surface area contributed by atoms with Crippen LogP contribution in [0.15, 0.2) is 18.3 Å². The van der Waals surface area contributed by atoms with Gasteiger partial charge in [0, 0.05) is 12.7 Å². The molecule has 0 aliphatic heterocycles. The molecule has 78 valence electrons. The van der Waals surface area contributed by atoms with Gasteiger partial charge in [0.1, 0.15) is 0 Å². The van der Waals surface area contributed by atoms with Gasteiger partial charge in [-0.2, -0.15) is 0 Å². The molecule has 2 heteroatoms. The van der Waals surface area contributed by atoms with E-state index in [2.05, 4.69) is 36.8 Å². The fourth-order valence-corrected chi connectivity index (χ4v) is 1.45. The Labute approximate surface area is 87.0 Å². The molecular formula is C12H20N2. The average Bonchev–Trinajstić information content (AvgIpc) is 2.18. The lowest BCUT2D eigenvalue weighted by Crippen LogP contribution is -2.20. The van der Waals surface area contributed by atoms with E-state index in [0.717, 1.165) is 13.1 Å². The van der Waals surface area contributed by atoms with E-state index in [4.69, 9.17) is 0 Å². The number of pyridine rings is 1. The molecule has 1 aromatic heterocycles. The number of aromatic nitrogens is 1. The molecule has 1 heterocycles. The average molecular weight is 192 g/mol. The summed E-state index contributed by atoms with van der Waals surface area (Å²) >= 11 is 0. The minimum Gasteiger partial charge on any atom is -0.301 e. The molecule has 0 unspecified atom stereocenters. The fourth-order valence-electron chi connectivity index (χ4n) is 1.45. The van der Waals surface area contributed by atoms with E-state index < -0.39 is 0 Å². The van der Waals surface area contributed by atoms with Crippen molar-refractivity contribution in [3.8, 4) is 0 Å². The van der Waals surface area contributed by atoms with Crippen LogP contribution in [0.5, 0.6) is 0 Å². The van der Waals surface area contributed by atoms with Crippen LogP contribution in [0.25, 0.3) is 0 Å². The molecule has 0 saturated heterocycles. The minimum absolute atomic E-state index is 0.965. The summed E-state index contributed by atoms with van der Waals surface area (Å²) in [6.07, 6.45) is 4.39. The van der Waals surface area contributed by atoms with Crippen LogP contribution < -0.4 is 0 Å². The SMILES string of the molecule is CCCCN(C)Cc1ncccc1C. The highest BCUT2D eigenvalue weighted by Gasteiger charge is 2.02. The van der Waals surface area contributed by atoms with Crippen molar-refractivity contribution in [3.63, 3.8) is 0 Å². The van der Waals surface area contributed by atoms with Crippen molar-refractivity contribution in [1.82, 2.24) is 9.88 Å². The van der Waals surface area contributed by atoms with Gasteiger partial charge in [-0.3, -0.25) is 4.98 Å². The van der Waals surface area contributed by atoms with Gasteiger partial charge in [0.25, 0.3) is 0 Å². The first-order chi connectivity index (χ1) is 6.74. The first-order valence-electron chi connectivity index (χ1n) is 5.33. The van der Waals surface area contributed by atoms with Crippen LogP contribution in [0.1, 0.15) is 31.0 Å². The van der Waals surface area contributed by atoms with Crippen molar-refractivity contribution in [2.45, 2.75) is 33.2 Å². The highest BCUT2D eigenvalue weighted by molar-refractivity contribution is 5.17. The highest BCUT2D eigenvalue weighted by atomic mass is 15.1. The van der Waals surface area contributed by atoms with Gasteiger partial charge in [-0.15, -0.1) is 0 Å². The van der Waals surface area contributed by atoms with Gasteiger partial charge in [-0.25, -0.2) is 0 Å². The van der Waals surface area contributed by atoms with Crippen molar-refractivity contribution in [2.75, 3.05) is 13.6 Å². The van der Waals surface area contributed by atoms with Crippen LogP contribution in [-0.2, 0) is 6.54 Å². The van der Waals surface area contributed by atoms with Crippen molar-refractivity contribution in [2.24, 2.45) is 0 Å². The van der Waals surface area contributed by atoms with Crippen LogP contribution >= 0.6 is 0 Å². The minimum atomic E-state index is 0.965. The third-order valence-corrected chi connectivity index (χ3v) is 2.43. The van der Waals surface area contributed by atoms with Crippen LogP contribution in [0.2, 0.25) is 0 Å².